The van der Waals surface area contributed by atoms with E-state index >= 15 is 0 Å². The standard InChI is InChI=1S/C27H50O15/c1-10(2)21-16(33)17(34)22(12(8-29)38-21)41-27(5,6)25-20(37)18(35)23(13(9-30)40-25)42-26(3,4)24-19(36)15(32)14(31)11(7-28)39-24/h10-25,28-37H,7-9H2,1-6H3. The van der Waals surface area contributed by atoms with Gasteiger partial charge < -0.3 is 74.7 Å². The summed E-state index contributed by atoms with van der Waals surface area (Å²) in [6.07, 6.45) is -20.6. The first-order valence-electron chi connectivity index (χ1n) is 14.3. The van der Waals surface area contributed by atoms with Crippen molar-refractivity contribution >= 4 is 0 Å². The quantitative estimate of drug-likeness (QED) is 0.112. The van der Waals surface area contributed by atoms with Gasteiger partial charge in [0.15, 0.2) is 0 Å². The van der Waals surface area contributed by atoms with Crippen LogP contribution in [-0.4, -0.2) is 174 Å². The third-order valence-corrected chi connectivity index (χ3v) is 8.57. The number of ether oxygens (including phenoxy) is 5. The van der Waals surface area contributed by atoms with Crippen LogP contribution in [0.4, 0.5) is 0 Å². The Morgan fingerprint density at radius 1 is 0.524 bits per heavy atom. The molecule has 0 radical (unpaired) electrons. The van der Waals surface area contributed by atoms with Gasteiger partial charge in [-0.05, 0) is 33.6 Å². The van der Waals surface area contributed by atoms with Gasteiger partial charge in [-0.25, -0.2) is 0 Å². The molecular weight excluding hydrogens is 564 g/mol. The summed E-state index contributed by atoms with van der Waals surface area (Å²) in [7, 11) is 0. The topological polar surface area (TPSA) is 248 Å². The Labute approximate surface area is 245 Å². The lowest BCUT2D eigenvalue weighted by atomic mass is 9.84. The van der Waals surface area contributed by atoms with Crippen molar-refractivity contribution in [2.75, 3.05) is 19.8 Å². The van der Waals surface area contributed by atoms with Gasteiger partial charge in [0, 0.05) is 0 Å². The van der Waals surface area contributed by atoms with Gasteiger partial charge in [0.05, 0.1) is 37.1 Å². The van der Waals surface area contributed by atoms with E-state index < -0.39 is 123 Å². The molecule has 3 aliphatic rings. The van der Waals surface area contributed by atoms with Gasteiger partial charge in [0.2, 0.25) is 0 Å². The monoisotopic (exact) mass is 614 g/mol. The molecule has 0 aromatic heterocycles. The molecule has 3 saturated heterocycles. The Kier molecular flexibility index (Phi) is 11.8. The van der Waals surface area contributed by atoms with Crippen molar-refractivity contribution in [3.63, 3.8) is 0 Å². The zero-order chi connectivity index (χ0) is 31.9. The molecule has 42 heavy (non-hydrogen) atoms. The summed E-state index contributed by atoms with van der Waals surface area (Å²) >= 11 is 0. The summed E-state index contributed by atoms with van der Waals surface area (Å²) in [6, 6.07) is 0. The molecule has 15 unspecified atom stereocenters. The molecule has 3 fully saturated rings. The molecule has 0 bridgehead atoms. The van der Waals surface area contributed by atoms with Gasteiger partial charge in [0.25, 0.3) is 0 Å². The Balaban J connectivity index is 1.79. The number of aliphatic hydroxyl groups excluding tert-OH is 10. The SMILES string of the molecule is CC(C)C1OC(CO)C(OC(C)(C)C2OC(CO)C(OC(C)(C)C3OC(CO)C(O)C(O)C3O)C(O)C2O)C(O)C1O. The summed E-state index contributed by atoms with van der Waals surface area (Å²) in [5, 5.41) is 104. The molecule has 3 aliphatic heterocycles. The summed E-state index contributed by atoms with van der Waals surface area (Å²) in [5.74, 6) is -0.175. The van der Waals surface area contributed by atoms with Gasteiger partial charge in [-0.1, -0.05) is 13.8 Å². The van der Waals surface area contributed by atoms with E-state index in [1.807, 2.05) is 0 Å². The Morgan fingerprint density at radius 2 is 0.905 bits per heavy atom. The van der Waals surface area contributed by atoms with Crippen molar-refractivity contribution in [2.45, 2.75) is 144 Å². The van der Waals surface area contributed by atoms with Gasteiger partial charge in [-0.3, -0.25) is 0 Å². The van der Waals surface area contributed by atoms with E-state index in [9.17, 15) is 51.1 Å². The van der Waals surface area contributed by atoms with E-state index in [2.05, 4.69) is 0 Å². The molecule has 248 valence electrons. The summed E-state index contributed by atoms with van der Waals surface area (Å²) in [5.41, 5.74) is -3.01. The second-order valence-electron chi connectivity index (χ2n) is 12.9. The molecule has 15 nitrogen and oxygen atoms in total. The minimum absolute atomic E-state index is 0.175. The van der Waals surface area contributed by atoms with Crippen molar-refractivity contribution < 1.29 is 74.7 Å². The largest absolute Gasteiger partial charge is 0.394 e. The molecule has 3 rings (SSSR count). The Bertz CT molecular complexity index is 851. The van der Waals surface area contributed by atoms with Crippen LogP contribution in [0.15, 0.2) is 0 Å². The lowest BCUT2D eigenvalue weighted by Crippen LogP contribution is -2.69. The smallest absolute Gasteiger partial charge is 0.115 e. The van der Waals surface area contributed by atoms with Crippen LogP contribution in [0.3, 0.4) is 0 Å². The van der Waals surface area contributed by atoms with Crippen LogP contribution in [0.5, 0.6) is 0 Å². The van der Waals surface area contributed by atoms with E-state index in [0.717, 1.165) is 0 Å². The first-order chi connectivity index (χ1) is 19.4. The molecule has 0 amide bonds. The number of hydrogen-bond donors (Lipinski definition) is 10. The average Bonchev–Trinajstić information content (AvgIpc) is 2.92. The highest BCUT2D eigenvalue weighted by atomic mass is 16.6. The van der Waals surface area contributed by atoms with Crippen LogP contribution >= 0.6 is 0 Å². The van der Waals surface area contributed by atoms with Crippen molar-refractivity contribution in [3.05, 3.63) is 0 Å². The average molecular weight is 615 g/mol. The van der Waals surface area contributed by atoms with Crippen molar-refractivity contribution in [1.82, 2.24) is 0 Å². The highest BCUT2D eigenvalue weighted by molar-refractivity contribution is 5.04. The van der Waals surface area contributed by atoms with Crippen molar-refractivity contribution in [3.8, 4) is 0 Å². The Morgan fingerprint density at radius 3 is 1.33 bits per heavy atom. The maximum Gasteiger partial charge on any atom is 0.115 e. The fraction of sp³-hybridized carbons (Fsp3) is 1.00. The van der Waals surface area contributed by atoms with E-state index in [4.69, 9.17) is 23.7 Å². The van der Waals surface area contributed by atoms with Gasteiger partial charge in [-0.15, -0.1) is 0 Å². The minimum atomic E-state index is -1.69. The van der Waals surface area contributed by atoms with Crippen LogP contribution in [-0.2, 0) is 23.7 Å². The maximum atomic E-state index is 11.2. The molecule has 0 aromatic carbocycles. The van der Waals surface area contributed by atoms with Crippen LogP contribution in [0.2, 0.25) is 0 Å². The third-order valence-electron chi connectivity index (χ3n) is 8.57. The summed E-state index contributed by atoms with van der Waals surface area (Å²) in [4.78, 5) is 0. The molecular formula is C27H50O15. The summed E-state index contributed by atoms with van der Waals surface area (Å²) in [6.45, 7) is 7.63. The number of hydrogen-bond acceptors (Lipinski definition) is 15. The van der Waals surface area contributed by atoms with Crippen LogP contribution in [0.25, 0.3) is 0 Å². The van der Waals surface area contributed by atoms with Crippen LogP contribution in [0, 0.1) is 5.92 Å². The predicted molar refractivity (Wildman–Crippen MR) is 142 cm³/mol. The third kappa shape index (κ3) is 6.95. The molecule has 3 heterocycles. The first-order valence-corrected chi connectivity index (χ1v) is 14.3. The maximum absolute atomic E-state index is 11.2. The molecule has 0 aliphatic carbocycles. The van der Waals surface area contributed by atoms with Gasteiger partial charge in [-0.2, -0.15) is 0 Å². The molecule has 15 atom stereocenters. The normalized spacial score (nSPS) is 45.8. The lowest BCUT2D eigenvalue weighted by molar-refractivity contribution is -0.333. The molecule has 15 heteroatoms. The van der Waals surface area contributed by atoms with Crippen LogP contribution in [0.1, 0.15) is 41.5 Å². The van der Waals surface area contributed by atoms with Crippen LogP contribution < -0.4 is 0 Å². The summed E-state index contributed by atoms with van der Waals surface area (Å²) < 4.78 is 29.5. The van der Waals surface area contributed by atoms with Gasteiger partial charge >= 0.3 is 0 Å². The second-order valence-corrected chi connectivity index (χ2v) is 12.9. The van der Waals surface area contributed by atoms with E-state index in [0.29, 0.717) is 0 Å². The van der Waals surface area contributed by atoms with Crippen molar-refractivity contribution in [1.29, 1.82) is 0 Å². The predicted octanol–water partition coefficient (Wildman–Crippen LogP) is -4.22. The highest BCUT2D eigenvalue weighted by Gasteiger charge is 2.57. The number of rotatable bonds is 10. The van der Waals surface area contributed by atoms with Gasteiger partial charge in [0.1, 0.15) is 85.5 Å². The molecule has 0 aromatic rings. The fourth-order valence-electron chi connectivity index (χ4n) is 6.13. The lowest BCUT2D eigenvalue weighted by Gasteiger charge is -2.53. The van der Waals surface area contributed by atoms with E-state index in [1.54, 1.807) is 13.8 Å². The zero-order valence-corrected chi connectivity index (χ0v) is 24.9. The first kappa shape index (κ1) is 35.9. The number of aliphatic hydroxyl groups is 10. The second kappa shape index (κ2) is 13.8. The molecule has 0 spiro atoms. The van der Waals surface area contributed by atoms with E-state index in [1.165, 1.54) is 27.7 Å². The van der Waals surface area contributed by atoms with E-state index in [-0.39, 0.29) is 5.92 Å². The highest BCUT2D eigenvalue weighted by Crippen LogP contribution is 2.38. The Hall–Kier alpha value is -0.600. The zero-order valence-electron chi connectivity index (χ0n) is 24.9. The minimum Gasteiger partial charge on any atom is -0.394 e. The molecule has 10 N–H and O–H groups in total. The fourth-order valence-corrected chi connectivity index (χ4v) is 6.13. The molecule has 0 saturated carbocycles. The van der Waals surface area contributed by atoms with Crippen molar-refractivity contribution in [2.24, 2.45) is 5.92 Å².